The van der Waals surface area contributed by atoms with Crippen LogP contribution >= 0.6 is 11.8 Å². The van der Waals surface area contributed by atoms with Crippen molar-refractivity contribution in [1.29, 1.82) is 0 Å². The molecule has 2 aromatic heterocycles. The maximum Gasteiger partial charge on any atom is 0.306 e. The average molecular weight is 397 g/mol. The molecule has 1 N–H and O–H groups in total. The third-order valence-corrected chi connectivity index (χ3v) is 5.16. The van der Waals surface area contributed by atoms with Gasteiger partial charge in [0.25, 0.3) is 0 Å². The molecule has 0 spiro atoms. The first-order valence-corrected chi connectivity index (χ1v) is 9.57. The van der Waals surface area contributed by atoms with E-state index in [4.69, 9.17) is 9.15 Å². The van der Waals surface area contributed by atoms with E-state index in [1.807, 2.05) is 30.3 Å². The predicted octanol–water partition coefficient (Wildman–Crippen LogP) is 3.73. The molecule has 0 aliphatic carbocycles. The Hall–Kier alpha value is -3.06. The van der Waals surface area contributed by atoms with Gasteiger partial charge in [-0.1, -0.05) is 24.3 Å². The highest BCUT2D eigenvalue weighted by Crippen LogP contribution is 2.34. The van der Waals surface area contributed by atoms with E-state index in [2.05, 4.69) is 4.98 Å². The standard InChI is InChI=1S/C21H19NO5S/c1-26-19(24)11-17(14-6-5-9-22-12-14)21-20(25)18(23)10-15(27-21)13-28-16-7-3-2-4-8-16/h2-10,12,17,25H,11,13H2,1H3/t17-/m1/s1. The molecule has 0 bridgehead atoms. The minimum atomic E-state index is -0.685. The number of carbonyl (C=O) groups is 1. The number of esters is 1. The molecular formula is C21H19NO5S. The number of hydrogen-bond donors (Lipinski definition) is 1. The fourth-order valence-corrected chi connectivity index (χ4v) is 3.53. The van der Waals surface area contributed by atoms with Gasteiger partial charge in [-0.2, -0.15) is 0 Å². The van der Waals surface area contributed by atoms with E-state index in [9.17, 15) is 14.7 Å². The third-order valence-electron chi connectivity index (χ3n) is 4.13. The molecule has 0 saturated heterocycles. The Morgan fingerprint density at radius 3 is 2.71 bits per heavy atom. The number of rotatable bonds is 7. The quantitative estimate of drug-likeness (QED) is 0.480. The SMILES string of the molecule is COC(=O)C[C@H](c1cccnc1)c1oc(CSc2ccccc2)cc(=O)c1O. The highest BCUT2D eigenvalue weighted by Gasteiger charge is 2.26. The van der Waals surface area contributed by atoms with Crippen molar-refractivity contribution in [3.63, 3.8) is 0 Å². The van der Waals surface area contributed by atoms with Gasteiger partial charge in [-0.25, -0.2) is 0 Å². The number of aromatic nitrogens is 1. The zero-order valence-corrected chi connectivity index (χ0v) is 16.0. The molecule has 3 rings (SSSR count). The summed E-state index contributed by atoms with van der Waals surface area (Å²) in [6, 6.07) is 14.4. The van der Waals surface area contributed by atoms with Gasteiger partial charge >= 0.3 is 5.97 Å². The van der Waals surface area contributed by atoms with Gasteiger partial charge in [0.1, 0.15) is 5.76 Å². The Bertz CT molecular complexity index is 989. The zero-order chi connectivity index (χ0) is 19.9. The number of aromatic hydroxyl groups is 1. The highest BCUT2D eigenvalue weighted by atomic mass is 32.2. The van der Waals surface area contributed by atoms with E-state index in [1.54, 1.807) is 24.5 Å². The van der Waals surface area contributed by atoms with Crippen molar-refractivity contribution >= 4 is 17.7 Å². The van der Waals surface area contributed by atoms with Gasteiger partial charge in [-0.05, 0) is 23.8 Å². The number of thioether (sulfide) groups is 1. The lowest BCUT2D eigenvalue weighted by Crippen LogP contribution is -2.14. The van der Waals surface area contributed by atoms with Crippen LogP contribution in [-0.2, 0) is 15.3 Å². The van der Waals surface area contributed by atoms with E-state index in [0.29, 0.717) is 17.1 Å². The van der Waals surface area contributed by atoms with Crippen LogP contribution in [-0.4, -0.2) is 23.2 Å². The first kappa shape index (κ1) is 19.7. The topological polar surface area (TPSA) is 89.6 Å². The second kappa shape index (κ2) is 9.23. The van der Waals surface area contributed by atoms with Gasteiger partial charge in [0.15, 0.2) is 5.76 Å². The number of carbonyl (C=O) groups excluding carboxylic acids is 1. The fraction of sp³-hybridized carbons (Fsp3) is 0.190. The Morgan fingerprint density at radius 2 is 2.04 bits per heavy atom. The van der Waals surface area contributed by atoms with Crippen LogP contribution in [0.25, 0.3) is 0 Å². The van der Waals surface area contributed by atoms with Crippen LogP contribution in [0.1, 0.15) is 29.4 Å². The minimum Gasteiger partial charge on any atom is -0.502 e. The maximum atomic E-state index is 12.3. The van der Waals surface area contributed by atoms with Crippen molar-refractivity contribution in [2.45, 2.75) is 23.0 Å². The smallest absolute Gasteiger partial charge is 0.306 e. The molecule has 6 nitrogen and oxygen atoms in total. The lowest BCUT2D eigenvalue weighted by molar-refractivity contribution is -0.140. The summed E-state index contributed by atoms with van der Waals surface area (Å²) in [5.74, 6) is -0.827. The molecule has 0 unspecified atom stereocenters. The van der Waals surface area contributed by atoms with Crippen LogP contribution in [0.5, 0.6) is 5.75 Å². The second-order valence-electron chi connectivity index (χ2n) is 6.01. The molecular weight excluding hydrogens is 378 g/mol. The second-order valence-corrected chi connectivity index (χ2v) is 7.06. The molecule has 0 radical (unpaired) electrons. The number of hydrogen-bond acceptors (Lipinski definition) is 7. The molecule has 1 aromatic carbocycles. The normalized spacial score (nSPS) is 11.8. The molecule has 3 aromatic rings. The van der Waals surface area contributed by atoms with Crippen molar-refractivity contribution in [3.05, 3.63) is 88.2 Å². The monoisotopic (exact) mass is 397 g/mol. The summed E-state index contributed by atoms with van der Waals surface area (Å²) in [6.07, 6.45) is 3.08. The molecule has 2 heterocycles. The molecule has 1 atom stereocenters. The first-order chi connectivity index (χ1) is 13.6. The number of nitrogens with zero attached hydrogens (tertiary/aromatic N) is 1. The van der Waals surface area contributed by atoms with Gasteiger partial charge in [0.2, 0.25) is 11.2 Å². The predicted molar refractivity (Wildman–Crippen MR) is 105 cm³/mol. The molecule has 7 heteroatoms. The summed E-state index contributed by atoms with van der Waals surface area (Å²) < 4.78 is 10.6. The molecule has 0 aliphatic heterocycles. The van der Waals surface area contributed by atoms with Gasteiger partial charge in [0.05, 0.1) is 25.2 Å². The van der Waals surface area contributed by atoms with E-state index < -0.39 is 23.1 Å². The van der Waals surface area contributed by atoms with E-state index >= 15 is 0 Å². The van der Waals surface area contributed by atoms with Crippen molar-refractivity contribution in [2.24, 2.45) is 0 Å². The molecule has 28 heavy (non-hydrogen) atoms. The summed E-state index contributed by atoms with van der Waals surface area (Å²) in [7, 11) is 1.28. The lowest BCUT2D eigenvalue weighted by atomic mass is 9.93. The summed E-state index contributed by atoms with van der Waals surface area (Å²) >= 11 is 1.50. The van der Waals surface area contributed by atoms with Crippen LogP contribution in [0.3, 0.4) is 0 Å². The van der Waals surface area contributed by atoms with Crippen LogP contribution in [0.2, 0.25) is 0 Å². The molecule has 0 amide bonds. The number of benzene rings is 1. The highest BCUT2D eigenvalue weighted by molar-refractivity contribution is 7.98. The van der Waals surface area contributed by atoms with Crippen molar-refractivity contribution in [3.8, 4) is 5.75 Å². The summed E-state index contributed by atoms with van der Waals surface area (Å²) in [5.41, 5.74) is 0.0860. The third kappa shape index (κ3) is 4.80. The van der Waals surface area contributed by atoms with Crippen LogP contribution in [0.15, 0.2) is 75.0 Å². The van der Waals surface area contributed by atoms with E-state index in [0.717, 1.165) is 4.90 Å². The van der Waals surface area contributed by atoms with Crippen molar-refractivity contribution in [1.82, 2.24) is 4.98 Å². The Balaban J connectivity index is 1.96. The van der Waals surface area contributed by atoms with E-state index in [1.165, 1.54) is 24.9 Å². The van der Waals surface area contributed by atoms with Crippen LogP contribution < -0.4 is 5.43 Å². The minimum absolute atomic E-state index is 0.0366. The van der Waals surface area contributed by atoms with Gasteiger partial charge in [0, 0.05) is 23.4 Å². The molecule has 0 aliphatic rings. The van der Waals surface area contributed by atoms with E-state index in [-0.39, 0.29) is 12.2 Å². The first-order valence-electron chi connectivity index (χ1n) is 8.59. The number of ether oxygens (including phenoxy) is 1. The Kier molecular flexibility index (Phi) is 6.49. The number of pyridine rings is 1. The Labute approximate surface area is 166 Å². The molecule has 0 saturated carbocycles. The largest absolute Gasteiger partial charge is 0.502 e. The lowest BCUT2D eigenvalue weighted by Gasteiger charge is -2.17. The maximum absolute atomic E-state index is 12.3. The van der Waals surface area contributed by atoms with Crippen LogP contribution in [0.4, 0.5) is 0 Å². The molecule has 144 valence electrons. The zero-order valence-electron chi connectivity index (χ0n) is 15.2. The number of methoxy groups -OCH3 is 1. The summed E-state index contributed by atoms with van der Waals surface area (Å²) in [6.45, 7) is 0. The van der Waals surface area contributed by atoms with Gasteiger partial charge in [-0.15, -0.1) is 11.8 Å². The summed E-state index contributed by atoms with van der Waals surface area (Å²) in [4.78, 5) is 29.3. The fourth-order valence-electron chi connectivity index (χ4n) is 2.73. The van der Waals surface area contributed by atoms with Crippen molar-refractivity contribution < 1.29 is 19.1 Å². The summed E-state index contributed by atoms with van der Waals surface area (Å²) in [5, 5.41) is 10.3. The van der Waals surface area contributed by atoms with Crippen molar-refractivity contribution in [2.75, 3.05) is 7.11 Å². The van der Waals surface area contributed by atoms with Gasteiger partial charge < -0.3 is 14.3 Å². The average Bonchev–Trinajstić information content (AvgIpc) is 2.74. The van der Waals surface area contributed by atoms with Crippen LogP contribution in [0, 0.1) is 0 Å². The van der Waals surface area contributed by atoms with Gasteiger partial charge in [-0.3, -0.25) is 14.6 Å². The molecule has 0 fully saturated rings. The Morgan fingerprint density at radius 1 is 1.25 bits per heavy atom.